The number of carbonyl (C=O) groups excluding carboxylic acids is 2. The normalized spacial score (nSPS) is 24.4. The van der Waals surface area contributed by atoms with E-state index in [0.29, 0.717) is 6.42 Å². The summed E-state index contributed by atoms with van der Waals surface area (Å²) in [4.78, 5) is 27.3. The standard InChI is InChI=1S/C19H24N4O4S/c24-18-8-7-16(21-23(18)14-9-12-28(26,27)13-14)19(25)20-15-5-1-2-6-17(15)22-10-3-4-11-22/h1-2,5-6,14H,3-4,7-13H2,(H,20,25)/t14-/m1/s1. The van der Waals surface area contributed by atoms with Gasteiger partial charge in [0.25, 0.3) is 5.91 Å². The Hall–Kier alpha value is -2.42. The van der Waals surface area contributed by atoms with Crippen molar-refractivity contribution in [2.24, 2.45) is 5.10 Å². The predicted octanol–water partition coefficient (Wildman–Crippen LogP) is 1.39. The molecular formula is C19H24N4O4S. The zero-order valence-electron chi connectivity index (χ0n) is 15.6. The SMILES string of the molecule is O=C(Nc1ccccc1N1CCCC1)C1=NN([C@@H]2CCS(=O)(=O)C2)C(=O)CC1. The van der Waals surface area contributed by atoms with Crippen molar-refractivity contribution in [1.29, 1.82) is 0 Å². The van der Waals surface area contributed by atoms with E-state index in [1.54, 1.807) is 0 Å². The summed E-state index contributed by atoms with van der Waals surface area (Å²) in [5.41, 5.74) is 1.98. The number of carbonyl (C=O) groups is 2. The molecule has 0 radical (unpaired) electrons. The van der Waals surface area contributed by atoms with Gasteiger partial charge in [0.05, 0.1) is 28.9 Å². The van der Waals surface area contributed by atoms with Crippen LogP contribution in [0, 0.1) is 0 Å². The van der Waals surface area contributed by atoms with Crippen LogP contribution in [0.1, 0.15) is 32.1 Å². The van der Waals surface area contributed by atoms with E-state index in [-0.39, 0.29) is 41.9 Å². The molecule has 150 valence electrons. The maximum atomic E-state index is 12.8. The first-order chi connectivity index (χ1) is 13.4. The molecule has 1 aromatic rings. The van der Waals surface area contributed by atoms with Crippen LogP contribution in [0.4, 0.5) is 11.4 Å². The summed E-state index contributed by atoms with van der Waals surface area (Å²) in [7, 11) is -3.14. The highest BCUT2D eigenvalue weighted by molar-refractivity contribution is 7.91. The third-order valence-corrected chi connectivity index (χ3v) is 7.23. The van der Waals surface area contributed by atoms with Gasteiger partial charge < -0.3 is 10.2 Å². The summed E-state index contributed by atoms with van der Waals surface area (Å²) < 4.78 is 23.5. The molecule has 1 atom stereocenters. The van der Waals surface area contributed by atoms with Crippen LogP contribution in [0.25, 0.3) is 0 Å². The van der Waals surface area contributed by atoms with E-state index in [0.717, 1.165) is 37.3 Å². The third kappa shape index (κ3) is 3.89. The van der Waals surface area contributed by atoms with Crippen molar-refractivity contribution in [3.63, 3.8) is 0 Å². The minimum Gasteiger partial charge on any atom is -0.370 e. The van der Waals surface area contributed by atoms with E-state index in [4.69, 9.17) is 0 Å². The Morgan fingerprint density at radius 1 is 1.14 bits per heavy atom. The smallest absolute Gasteiger partial charge is 0.271 e. The van der Waals surface area contributed by atoms with Gasteiger partial charge in [0.1, 0.15) is 5.71 Å². The highest BCUT2D eigenvalue weighted by Crippen LogP contribution is 2.29. The summed E-state index contributed by atoms with van der Waals surface area (Å²) in [6.45, 7) is 1.93. The second-order valence-electron chi connectivity index (χ2n) is 7.51. The van der Waals surface area contributed by atoms with E-state index < -0.39 is 15.9 Å². The minimum absolute atomic E-state index is 0.0572. The third-order valence-electron chi connectivity index (χ3n) is 5.48. The second kappa shape index (κ2) is 7.54. The molecule has 2 fully saturated rings. The first-order valence-corrected chi connectivity index (χ1v) is 11.5. The van der Waals surface area contributed by atoms with E-state index in [9.17, 15) is 18.0 Å². The number of amides is 2. The van der Waals surface area contributed by atoms with E-state index in [1.807, 2.05) is 24.3 Å². The summed E-state index contributed by atoms with van der Waals surface area (Å²) in [5.74, 6) is -0.600. The van der Waals surface area contributed by atoms with Gasteiger partial charge in [0.15, 0.2) is 9.84 Å². The number of hydrogen-bond acceptors (Lipinski definition) is 6. The van der Waals surface area contributed by atoms with Gasteiger partial charge in [-0.25, -0.2) is 13.4 Å². The fraction of sp³-hybridized carbons (Fsp3) is 0.526. The van der Waals surface area contributed by atoms with Gasteiger partial charge in [-0.3, -0.25) is 9.59 Å². The van der Waals surface area contributed by atoms with Crippen molar-refractivity contribution in [2.75, 3.05) is 34.8 Å². The molecule has 3 aliphatic rings. The topological polar surface area (TPSA) is 99.2 Å². The molecule has 0 saturated carbocycles. The van der Waals surface area contributed by atoms with E-state index >= 15 is 0 Å². The molecular weight excluding hydrogens is 380 g/mol. The zero-order valence-corrected chi connectivity index (χ0v) is 16.5. The van der Waals surface area contributed by atoms with Gasteiger partial charge in [0, 0.05) is 25.9 Å². The summed E-state index contributed by atoms with van der Waals surface area (Å²) in [5, 5.41) is 8.39. The number of nitrogens with zero attached hydrogens (tertiary/aromatic N) is 3. The molecule has 2 saturated heterocycles. The average Bonchev–Trinajstić information content (AvgIpc) is 3.32. The highest BCUT2D eigenvalue weighted by Gasteiger charge is 2.37. The number of benzene rings is 1. The van der Waals surface area contributed by atoms with Gasteiger partial charge in [-0.2, -0.15) is 5.10 Å². The number of hydrazone groups is 1. The van der Waals surface area contributed by atoms with Crippen molar-refractivity contribution in [2.45, 2.75) is 38.1 Å². The van der Waals surface area contributed by atoms with Crippen molar-refractivity contribution >= 4 is 38.7 Å². The molecule has 0 spiro atoms. The summed E-state index contributed by atoms with van der Waals surface area (Å²) in [6.07, 6.45) is 3.06. The molecule has 0 bridgehead atoms. The van der Waals surface area contributed by atoms with Crippen molar-refractivity contribution < 1.29 is 18.0 Å². The van der Waals surface area contributed by atoms with Crippen LogP contribution in [0.15, 0.2) is 29.4 Å². The molecule has 0 aliphatic carbocycles. The second-order valence-corrected chi connectivity index (χ2v) is 9.74. The maximum Gasteiger partial charge on any atom is 0.271 e. The lowest BCUT2D eigenvalue weighted by Crippen LogP contribution is -2.42. The highest BCUT2D eigenvalue weighted by atomic mass is 32.2. The van der Waals surface area contributed by atoms with Crippen molar-refractivity contribution in [1.82, 2.24) is 5.01 Å². The minimum atomic E-state index is -3.14. The first kappa shape index (κ1) is 18.9. The lowest BCUT2D eigenvalue weighted by atomic mass is 10.1. The van der Waals surface area contributed by atoms with Gasteiger partial charge in [0.2, 0.25) is 5.91 Å². The quantitative estimate of drug-likeness (QED) is 0.818. The largest absolute Gasteiger partial charge is 0.370 e. The van der Waals surface area contributed by atoms with Gasteiger partial charge in [-0.15, -0.1) is 0 Å². The number of anilines is 2. The Kier molecular flexibility index (Phi) is 5.09. The molecule has 2 amide bonds. The van der Waals surface area contributed by atoms with Crippen LogP contribution in [0.5, 0.6) is 0 Å². The molecule has 3 aliphatic heterocycles. The lowest BCUT2D eigenvalue weighted by Gasteiger charge is -2.28. The number of sulfone groups is 1. The Morgan fingerprint density at radius 2 is 1.89 bits per heavy atom. The fourth-order valence-corrected chi connectivity index (χ4v) is 5.69. The molecule has 1 N–H and O–H groups in total. The van der Waals surface area contributed by atoms with Gasteiger partial charge in [-0.05, 0) is 31.4 Å². The Labute approximate surface area is 164 Å². The van der Waals surface area contributed by atoms with Gasteiger partial charge in [-0.1, -0.05) is 12.1 Å². The molecule has 4 rings (SSSR count). The number of para-hydroxylation sites is 2. The van der Waals surface area contributed by atoms with Crippen LogP contribution >= 0.6 is 0 Å². The Morgan fingerprint density at radius 3 is 2.61 bits per heavy atom. The van der Waals surface area contributed by atoms with E-state index in [1.165, 1.54) is 5.01 Å². The summed E-state index contributed by atoms with van der Waals surface area (Å²) in [6, 6.07) is 7.20. The molecule has 1 aromatic carbocycles. The number of hydrogen-bond donors (Lipinski definition) is 1. The number of rotatable bonds is 4. The molecule has 0 unspecified atom stereocenters. The Bertz CT molecular complexity index is 922. The van der Waals surface area contributed by atoms with Crippen LogP contribution < -0.4 is 10.2 Å². The van der Waals surface area contributed by atoms with Crippen molar-refractivity contribution in [3.05, 3.63) is 24.3 Å². The molecule has 8 nitrogen and oxygen atoms in total. The average molecular weight is 404 g/mol. The van der Waals surface area contributed by atoms with Gasteiger partial charge >= 0.3 is 0 Å². The van der Waals surface area contributed by atoms with Crippen molar-refractivity contribution in [3.8, 4) is 0 Å². The molecule has 28 heavy (non-hydrogen) atoms. The molecule has 3 heterocycles. The number of nitrogens with one attached hydrogen (secondary N) is 1. The summed E-state index contributed by atoms with van der Waals surface area (Å²) >= 11 is 0. The van der Waals surface area contributed by atoms with Crippen LogP contribution in [0.3, 0.4) is 0 Å². The monoisotopic (exact) mass is 404 g/mol. The lowest BCUT2D eigenvalue weighted by molar-refractivity contribution is -0.133. The Balaban J connectivity index is 1.52. The molecule has 0 aromatic heterocycles. The van der Waals surface area contributed by atoms with Crippen LogP contribution in [-0.2, 0) is 19.4 Å². The zero-order chi connectivity index (χ0) is 19.7. The first-order valence-electron chi connectivity index (χ1n) is 9.68. The van der Waals surface area contributed by atoms with E-state index in [2.05, 4.69) is 15.3 Å². The fourth-order valence-electron chi connectivity index (χ4n) is 4.00. The van der Waals surface area contributed by atoms with Crippen LogP contribution in [-0.4, -0.2) is 61.6 Å². The predicted molar refractivity (Wildman–Crippen MR) is 107 cm³/mol. The van der Waals surface area contributed by atoms with Crippen LogP contribution in [0.2, 0.25) is 0 Å². The maximum absolute atomic E-state index is 12.8. The molecule has 9 heteroatoms.